The molecule has 0 aliphatic carbocycles. The molecule has 7 nitrogen and oxygen atoms in total. The van der Waals surface area contributed by atoms with Crippen LogP contribution in [0.15, 0.2) is 18.5 Å². The zero-order valence-corrected chi connectivity index (χ0v) is 14.5. The van der Waals surface area contributed by atoms with Crippen LogP contribution in [-0.4, -0.2) is 47.5 Å². The third kappa shape index (κ3) is 5.47. The van der Waals surface area contributed by atoms with Crippen LogP contribution < -0.4 is 15.5 Å². The highest BCUT2D eigenvalue weighted by molar-refractivity contribution is 5.81. The molecule has 2 rings (SSSR count). The van der Waals surface area contributed by atoms with E-state index in [1.165, 1.54) is 0 Å². The summed E-state index contributed by atoms with van der Waals surface area (Å²) in [5, 5.41) is 5.78. The summed E-state index contributed by atoms with van der Waals surface area (Å²) in [6.07, 6.45) is 6.43. The molecule has 24 heavy (non-hydrogen) atoms. The van der Waals surface area contributed by atoms with E-state index in [2.05, 4.69) is 20.6 Å². The number of carbonyl (C=O) groups excluding carboxylic acids is 2. The highest BCUT2D eigenvalue weighted by atomic mass is 16.2. The Morgan fingerprint density at radius 2 is 2.12 bits per heavy atom. The second-order valence-corrected chi connectivity index (χ2v) is 6.25. The molecule has 0 radical (unpaired) electrons. The van der Waals surface area contributed by atoms with Crippen molar-refractivity contribution in [2.24, 2.45) is 5.92 Å². The first-order valence-electron chi connectivity index (χ1n) is 8.69. The minimum Gasteiger partial charge on any atom is -0.355 e. The van der Waals surface area contributed by atoms with Gasteiger partial charge in [-0.15, -0.1) is 0 Å². The third-order valence-corrected chi connectivity index (χ3v) is 4.30. The molecular weight excluding hydrogens is 306 g/mol. The molecule has 2 amide bonds. The minimum absolute atomic E-state index is 0.00645. The predicted molar refractivity (Wildman–Crippen MR) is 92.5 cm³/mol. The van der Waals surface area contributed by atoms with Gasteiger partial charge < -0.3 is 15.5 Å². The average molecular weight is 333 g/mol. The van der Waals surface area contributed by atoms with Crippen LogP contribution >= 0.6 is 0 Å². The fraction of sp³-hybridized carbons (Fsp3) is 0.647. The molecule has 7 heteroatoms. The molecule has 1 aliphatic rings. The van der Waals surface area contributed by atoms with Crippen LogP contribution in [0, 0.1) is 5.92 Å². The van der Waals surface area contributed by atoms with Gasteiger partial charge in [0.1, 0.15) is 0 Å². The van der Waals surface area contributed by atoms with Crippen molar-refractivity contribution in [3.8, 4) is 0 Å². The Morgan fingerprint density at radius 1 is 1.38 bits per heavy atom. The monoisotopic (exact) mass is 333 g/mol. The van der Waals surface area contributed by atoms with E-state index in [0.717, 1.165) is 25.8 Å². The molecule has 1 aromatic heterocycles. The topological polar surface area (TPSA) is 87.2 Å². The SMILES string of the molecule is CC[C@H](C)NC(=O)CCNC(=O)[C@H]1CCCN(c2ncccn2)C1. The third-order valence-electron chi connectivity index (χ3n) is 4.30. The van der Waals surface area contributed by atoms with Gasteiger partial charge in [-0.05, 0) is 32.3 Å². The molecule has 0 bridgehead atoms. The van der Waals surface area contributed by atoms with Crippen molar-refractivity contribution in [3.05, 3.63) is 18.5 Å². The van der Waals surface area contributed by atoms with E-state index in [9.17, 15) is 9.59 Å². The number of piperidine rings is 1. The quantitative estimate of drug-likeness (QED) is 0.781. The maximum atomic E-state index is 12.3. The normalized spacial score (nSPS) is 18.8. The molecule has 0 spiro atoms. The van der Waals surface area contributed by atoms with Crippen LogP contribution in [0.2, 0.25) is 0 Å². The lowest BCUT2D eigenvalue weighted by Crippen LogP contribution is -2.44. The van der Waals surface area contributed by atoms with E-state index in [0.29, 0.717) is 25.5 Å². The lowest BCUT2D eigenvalue weighted by molar-refractivity contribution is -0.125. The summed E-state index contributed by atoms with van der Waals surface area (Å²) in [4.78, 5) is 34.6. The average Bonchev–Trinajstić information content (AvgIpc) is 2.62. The molecule has 132 valence electrons. The van der Waals surface area contributed by atoms with Gasteiger partial charge >= 0.3 is 0 Å². The summed E-state index contributed by atoms with van der Waals surface area (Å²) in [6.45, 7) is 5.86. The van der Waals surface area contributed by atoms with Crippen molar-refractivity contribution in [1.82, 2.24) is 20.6 Å². The molecule has 1 aliphatic heterocycles. The molecule has 1 saturated heterocycles. The molecular formula is C17H27N5O2. The number of rotatable bonds is 7. The largest absolute Gasteiger partial charge is 0.355 e. The second-order valence-electron chi connectivity index (χ2n) is 6.25. The fourth-order valence-corrected chi connectivity index (χ4v) is 2.72. The lowest BCUT2D eigenvalue weighted by atomic mass is 9.97. The van der Waals surface area contributed by atoms with Gasteiger partial charge in [-0.2, -0.15) is 0 Å². The first-order chi connectivity index (χ1) is 11.6. The van der Waals surface area contributed by atoms with Crippen molar-refractivity contribution < 1.29 is 9.59 Å². The number of carbonyl (C=O) groups is 2. The molecule has 2 N–H and O–H groups in total. The second kappa shape index (κ2) is 9.20. The van der Waals surface area contributed by atoms with E-state index in [4.69, 9.17) is 0 Å². The smallest absolute Gasteiger partial charge is 0.225 e. The molecule has 0 unspecified atom stereocenters. The Bertz CT molecular complexity index is 537. The zero-order chi connectivity index (χ0) is 17.4. The Morgan fingerprint density at radius 3 is 2.83 bits per heavy atom. The molecule has 1 fully saturated rings. The number of anilines is 1. The number of nitrogens with one attached hydrogen (secondary N) is 2. The van der Waals surface area contributed by atoms with E-state index in [1.807, 2.05) is 18.7 Å². The summed E-state index contributed by atoms with van der Waals surface area (Å²) in [5.74, 6) is 0.572. The highest BCUT2D eigenvalue weighted by Crippen LogP contribution is 2.19. The Labute approximate surface area is 143 Å². The summed E-state index contributed by atoms with van der Waals surface area (Å²) < 4.78 is 0. The number of nitrogens with zero attached hydrogens (tertiary/aromatic N) is 3. The standard InChI is InChI=1S/C17H27N5O2/c1-3-13(2)21-15(23)7-10-18-16(24)14-6-4-11-22(12-14)17-19-8-5-9-20-17/h5,8-9,13-14H,3-4,6-7,10-12H2,1-2H3,(H,18,24)(H,21,23)/t13-,14-/m0/s1. The lowest BCUT2D eigenvalue weighted by Gasteiger charge is -2.31. The number of hydrogen-bond acceptors (Lipinski definition) is 5. The highest BCUT2D eigenvalue weighted by Gasteiger charge is 2.26. The van der Waals surface area contributed by atoms with Crippen molar-refractivity contribution in [3.63, 3.8) is 0 Å². The van der Waals surface area contributed by atoms with E-state index < -0.39 is 0 Å². The Kier molecular flexibility index (Phi) is 6.96. The van der Waals surface area contributed by atoms with Gasteiger partial charge in [0.25, 0.3) is 0 Å². The summed E-state index contributed by atoms with van der Waals surface area (Å²) in [5.41, 5.74) is 0. The van der Waals surface area contributed by atoms with Gasteiger partial charge in [0.05, 0.1) is 5.92 Å². The van der Waals surface area contributed by atoms with Gasteiger partial charge in [-0.25, -0.2) is 9.97 Å². The minimum atomic E-state index is -0.0832. The predicted octanol–water partition coefficient (Wildman–Crippen LogP) is 1.11. The summed E-state index contributed by atoms with van der Waals surface area (Å²) in [7, 11) is 0. The summed E-state index contributed by atoms with van der Waals surface area (Å²) >= 11 is 0. The molecule has 1 aromatic rings. The molecule has 0 aromatic carbocycles. The van der Waals surface area contributed by atoms with Crippen LogP contribution in [0.1, 0.15) is 39.5 Å². The maximum absolute atomic E-state index is 12.3. The number of amides is 2. The van der Waals surface area contributed by atoms with Gasteiger partial charge in [0.2, 0.25) is 17.8 Å². The maximum Gasteiger partial charge on any atom is 0.225 e. The van der Waals surface area contributed by atoms with Crippen LogP contribution in [0.5, 0.6) is 0 Å². The van der Waals surface area contributed by atoms with Gasteiger partial charge in [-0.1, -0.05) is 6.92 Å². The van der Waals surface area contributed by atoms with Crippen molar-refractivity contribution in [2.45, 2.75) is 45.6 Å². The zero-order valence-electron chi connectivity index (χ0n) is 14.5. The first kappa shape index (κ1) is 18.2. The van der Waals surface area contributed by atoms with Crippen LogP contribution in [0.4, 0.5) is 5.95 Å². The van der Waals surface area contributed by atoms with Crippen molar-refractivity contribution in [2.75, 3.05) is 24.5 Å². The van der Waals surface area contributed by atoms with Gasteiger partial charge in [0, 0.05) is 44.5 Å². The van der Waals surface area contributed by atoms with Gasteiger partial charge in [0.15, 0.2) is 0 Å². The van der Waals surface area contributed by atoms with E-state index in [1.54, 1.807) is 18.5 Å². The Balaban J connectivity index is 1.75. The van der Waals surface area contributed by atoms with Crippen molar-refractivity contribution >= 4 is 17.8 Å². The molecule has 2 heterocycles. The Hall–Kier alpha value is -2.18. The first-order valence-corrected chi connectivity index (χ1v) is 8.69. The number of hydrogen-bond donors (Lipinski definition) is 2. The van der Waals surface area contributed by atoms with Crippen LogP contribution in [0.3, 0.4) is 0 Å². The van der Waals surface area contributed by atoms with Gasteiger partial charge in [-0.3, -0.25) is 9.59 Å². The van der Waals surface area contributed by atoms with Crippen LogP contribution in [-0.2, 0) is 9.59 Å². The molecule has 2 atom stereocenters. The van der Waals surface area contributed by atoms with E-state index >= 15 is 0 Å². The fourth-order valence-electron chi connectivity index (χ4n) is 2.72. The molecule has 0 saturated carbocycles. The van der Waals surface area contributed by atoms with Crippen LogP contribution in [0.25, 0.3) is 0 Å². The summed E-state index contributed by atoms with van der Waals surface area (Å²) in [6, 6.07) is 1.95. The number of aromatic nitrogens is 2. The van der Waals surface area contributed by atoms with Crippen molar-refractivity contribution in [1.29, 1.82) is 0 Å². The van der Waals surface area contributed by atoms with E-state index in [-0.39, 0.29) is 23.8 Å².